The summed E-state index contributed by atoms with van der Waals surface area (Å²) in [4.78, 5) is 49.9. The van der Waals surface area contributed by atoms with Crippen molar-refractivity contribution in [2.24, 2.45) is 5.41 Å². The summed E-state index contributed by atoms with van der Waals surface area (Å²) in [6.45, 7) is 6.85. The topological polar surface area (TPSA) is 133 Å². The lowest BCUT2D eigenvalue weighted by Crippen LogP contribution is -2.53. The molecule has 3 aliphatic carbocycles. The predicted octanol–water partition coefficient (Wildman–Crippen LogP) is 2.72. The number of aliphatic carboxylic acids is 1. The Morgan fingerprint density at radius 3 is 2.32 bits per heavy atom. The zero-order valence-corrected chi connectivity index (χ0v) is 22.9. The molecular formula is C29H34N2O6S. The average molecular weight is 539 g/mol. The van der Waals surface area contributed by atoms with Gasteiger partial charge in [0.15, 0.2) is 5.78 Å². The van der Waals surface area contributed by atoms with Gasteiger partial charge in [-0.1, -0.05) is 35.9 Å². The van der Waals surface area contributed by atoms with Gasteiger partial charge in [0.1, 0.15) is 17.7 Å². The molecule has 0 unspecified atom stereocenters. The number of amides is 2. The standard InChI is InChI=1S/C29H34N2O6S/c1-16-12-20-24(17(2)29(10-11-29)28(4,37)25(20)33)21(16)14-38-15-23(30-18(3)32)26(34)31-22(27(35)36)13-19-8-6-5-7-9-19/h5-9,12,22-23,37H,10-11,13-15H2,1-4H3,(H,30,32)(H,31,34)(H,35,36)/t22-,23+,28-/m0/s1. The van der Waals surface area contributed by atoms with E-state index >= 15 is 0 Å². The SMILES string of the molecule is CC(=O)N[C@H](CSCC1=C(C)C=C2C(=O)[C@](C)(O)C3(CC3)C(C)=C21)C(=O)N[C@@H](Cc1ccccc1)C(=O)O. The molecular weight excluding hydrogens is 504 g/mol. The van der Waals surface area contributed by atoms with Crippen molar-refractivity contribution in [1.29, 1.82) is 0 Å². The Morgan fingerprint density at radius 1 is 1.08 bits per heavy atom. The fraction of sp³-hybridized carbons (Fsp3) is 0.448. The second-order valence-corrected chi connectivity index (χ2v) is 11.6. The number of carboxylic acids is 1. The molecule has 202 valence electrons. The maximum atomic E-state index is 13.2. The van der Waals surface area contributed by atoms with Gasteiger partial charge in [0.2, 0.25) is 11.8 Å². The smallest absolute Gasteiger partial charge is 0.326 e. The Bertz CT molecular complexity index is 1270. The highest BCUT2D eigenvalue weighted by Crippen LogP contribution is 2.65. The number of carbonyl (C=O) groups excluding carboxylic acids is 3. The molecule has 38 heavy (non-hydrogen) atoms. The van der Waals surface area contributed by atoms with E-state index < -0.39 is 40.9 Å². The fourth-order valence-corrected chi connectivity index (χ4v) is 6.79. The monoisotopic (exact) mass is 538 g/mol. The predicted molar refractivity (Wildman–Crippen MR) is 145 cm³/mol. The number of benzene rings is 1. The van der Waals surface area contributed by atoms with Crippen molar-refractivity contribution in [3.8, 4) is 0 Å². The van der Waals surface area contributed by atoms with Crippen molar-refractivity contribution in [3.05, 3.63) is 69.8 Å². The summed E-state index contributed by atoms with van der Waals surface area (Å²) < 4.78 is 0. The highest BCUT2D eigenvalue weighted by atomic mass is 32.2. The molecule has 4 N–H and O–H groups in total. The van der Waals surface area contributed by atoms with E-state index in [2.05, 4.69) is 10.6 Å². The van der Waals surface area contributed by atoms with Gasteiger partial charge in [0.25, 0.3) is 0 Å². The van der Waals surface area contributed by atoms with E-state index in [4.69, 9.17) is 0 Å². The molecule has 1 spiro atoms. The number of thioether (sulfide) groups is 1. The van der Waals surface area contributed by atoms with Crippen LogP contribution < -0.4 is 10.6 Å². The number of ketones is 1. The van der Waals surface area contributed by atoms with Crippen LogP contribution in [0.3, 0.4) is 0 Å². The number of hydrogen-bond donors (Lipinski definition) is 4. The quantitative estimate of drug-likeness (QED) is 0.360. The van der Waals surface area contributed by atoms with Gasteiger partial charge in [0, 0.05) is 35.8 Å². The van der Waals surface area contributed by atoms with E-state index in [0.29, 0.717) is 11.3 Å². The maximum absolute atomic E-state index is 13.2. The molecule has 0 bridgehead atoms. The summed E-state index contributed by atoms with van der Waals surface area (Å²) in [7, 11) is 0. The highest BCUT2D eigenvalue weighted by molar-refractivity contribution is 7.99. The van der Waals surface area contributed by atoms with E-state index in [1.54, 1.807) is 31.2 Å². The van der Waals surface area contributed by atoms with Crippen molar-refractivity contribution >= 4 is 35.3 Å². The summed E-state index contributed by atoms with van der Waals surface area (Å²) in [6.07, 6.45) is 3.49. The van der Waals surface area contributed by atoms with Crippen LogP contribution in [0, 0.1) is 5.41 Å². The maximum Gasteiger partial charge on any atom is 0.326 e. The molecule has 1 fully saturated rings. The highest BCUT2D eigenvalue weighted by Gasteiger charge is 2.65. The summed E-state index contributed by atoms with van der Waals surface area (Å²) in [5, 5.41) is 25.9. The number of Topliss-reactive ketones (excluding diaryl/α,β-unsaturated/α-hetero) is 1. The number of fused-ring (bicyclic) bond motifs is 1. The number of rotatable bonds is 10. The van der Waals surface area contributed by atoms with Crippen LogP contribution >= 0.6 is 11.8 Å². The molecule has 0 saturated heterocycles. The van der Waals surface area contributed by atoms with Crippen molar-refractivity contribution in [2.75, 3.05) is 11.5 Å². The molecule has 0 aliphatic heterocycles. The lowest BCUT2D eigenvalue weighted by atomic mass is 9.67. The second-order valence-electron chi connectivity index (χ2n) is 10.6. The lowest BCUT2D eigenvalue weighted by Gasteiger charge is -2.39. The molecule has 0 aromatic heterocycles. The number of nitrogens with one attached hydrogen (secondary N) is 2. The third-order valence-corrected chi connectivity index (χ3v) is 9.05. The minimum atomic E-state index is -1.41. The molecule has 1 saturated carbocycles. The van der Waals surface area contributed by atoms with Crippen molar-refractivity contribution in [3.63, 3.8) is 0 Å². The summed E-state index contributed by atoms with van der Waals surface area (Å²) >= 11 is 1.43. The second kappa shape index (κ2) is 10.5. The lowest BCUT2D eigenvalue weighted by molar-refractivity contribution is -0.142. The first-order valence-electron chi connectivity index (χ1n) is 12.7. The number of aliphatic hydroxyl groups is 1. The fourth-order valence-electron chi connectivity index (χ4n) is 5.63. The number of allylic oxidation sites excluding steroid dienone is 3. The molecule has 2 amide bonds. The zero-order chi connectivity index (χ0) is 27.8. The molecule has 8 nitrogen and oxygen atoms in total. The van der Waals surface area contributed by atoms with Crippen LogP contribution in [0.1, 0.15) is 46.1 Å². The van der Waals surface area contributed by atoms with Gasteiger partial charge in [-0.3, -0.25) is 14.4 Å². The van der Waals surface area contributed by atoms with Gasteiger partial charge in [-0.05, 0) is 62.0 Å². The Kier molecular flexibility index (Phi) is 7.72. The van der Waals surface area contributed by atoms with Crippen LogP contribution in [0.4, 0.5) is 0 Å². The van der Waals surface area contributed by atoms with Crippen LogP contribution in [-0.2, 0) is 25.6 Å². The zero-order valence-electron chi connectivity index (χ0n) is 22.1. The largest absolute Gasteiger partial charge is 0.480 e. The van der Waals surface area contributed by atoms with Crippen LogP contribution in [-0.4, -0.2) is 63.0 Å². The molecule has 0 heterocycles. The van der Waals surface area contributed by atoms with Crippen molar-refractivity contribution in [2.45, 2.75) is 64.6 Å². The first-order chi connectivity index (χ1) is 17.9. The first kappa shape index (κ1) is 27.9. The van der Waals surface area contributed by atoms with Crippen molar-refractivity contribution < 1.29 is 29.4 Å². The molecule has 1 aromatic rings. The Balaban J connectivity index is 1.45. The molecule has 3 aliphatic rings. The normalized spacial score (nSPS) is 23.1. The summed E-state index contributed by atoms with van der Waals surface area (Å²) in [5.41, 5.74) is 3.26. The average Bonchev–Trinajstić information content (AvgIpc) is 3.61. The van der Waals surface area contributed by atoms with Crippen LogP contribution in [0.5, 0.6) is 0 Å². The first-order valence-corrected chi connectivity index (χ1v) is 13.9. The van der Waals surface area contributed by atoms with E-state index in [-0.39, 0.29) is 18.0 Å². The van der Waals surface area contributed by atoms with Gasteiger partial charge in [-0.2, -0.15) is 11.8 Å². The van der Waals surface area contributed by atoms with E-state index in [1.807, 2.05) is 26.0 Å². The van der Waals surface area contributed by atoms with Crippen molar-refractivity contribution in [1.82, 2.24) is 10.6 Å². The Morgan fingerprint density at radius 2 is 1.74 bits per heavy atom. The summed E-state index contributed by atoms with van der Waals surface area (Å²) in [5.74, 6) is -1.64. The van der Waals surface area contributed by atoms with Gasteiger partial charge in [-0.15, -0.1) is 0 Å². The van der Waals surface area contributed by atoms with E-state index in [1.165, 1.54) is 18.7 Å². The molecule has 3 atom stereocenters. The molecule has 9 heteroatoms. The minimum absolute atomic E-state index is 0.120. The van der Waals surface area contributed by atoms with Gasteiger partial charge in [-0.25, -0.2) is 4.79 Å². The number of carbonyl (C=O) groups is 4. The van der Waals surface area contributed by atoms with Gasteiger partial charge in [0.05, 0.1) is 0 Å². The third-order valence-electron chi connectivity index (χ3n) is 7.99. The molecule has 0 radical (unpaired) electrons. The van der Waals surface area contributed by atoms with Gasteiger partial charge >= 0.3 is 5.97 Å². The van der Waals surface area contributed by atoms with Crippen LogP contribution in [0.25, 0.3) is 0 Å². The van der Waals surface area contributed by atoms with Crippen LogP contribution in [0.15, 0.2) is 64.3 Å². The summed E-state index contributed by atoms with van der Waals surface area (Å²) in [6, 6.07) is 6.95. The molecule has 4 rings (SSSR count). The Hall–Kier alpha value is -3.17. The van der Waals surface area contributed by atoms with E-state index in [9.17, 15) is 29.4 Å². The number of carboxylic acid groups (broad SMARTS) is 1. The minimum Gasteiger partial charge on any atom is -0.480 e. The molecule has 1 aromatic carbocycles. The van der Waals surface area contributed by atoms with Gasteiger partial charge < -0.3 is 20.8 Å². The number of hydrogen-bond acceptors (Lipinski definition) is 6. The van der Waals surface area contributed by atoms with Crippen LogP contribution in [0.2, 0.25) is 0 Å². The van der Waals surface area contributed by atoms with E-state index in [0.717, 1.165) is 40.7 Å². The third kappa shape index (κ3) is 5.09. The Labute approximate surface area is 226 Å².